The van der Waals surface area contributed by atoms with Crippen molar-refractivity contribution in [1.29, 1.82) is 0 Å². The van der Waals surface area contributed by atoms with Crippen LogP contribution in [0.4, 0.5) is 0 Å². The number of hydrogen-bond acceptors (Lipinski definition) is 0. The number of pyridine rings is 4. The number of aryl methyl sites for hydroxylation is 4. The fourth-order valence-corrected chi connectivity index (χ4v) is 12.4. The quantitative estimate of drug-likeness (QED) is 0.179. The highest BCUT2D eigenvalue weighted by Crippen LogP contribution is 2.48. The molecule has 4 aromatic heterocycles. The van der Waals surface area contributed by atoms with Crippen LogP contribution in [0.1, 0.15) is 44.5 Å². The maximum Gasteiger partial charge on any atom is 0.221 e. The van der Waals surface area contributed by atoms with Crippen molar-refractivity contribution >= 4 is 43.1 Å². The third kappa shape index (κ3) is 7.14. The normalized spacial score (nSPS) is 13.2. The third-order valence-corrected chi connectivity index (χ3v) is 15.7. The molecular formula is C60H52Br4N4. The Morgan fingerprint density at radius 2 is 0.485 bits per heavy atom. The molecule has 340 valence electrons. The summed E-state index contributed by atoms with van der Waals surface area (Å²) in [6.45, 7) is 13.6. The second-order valence-corrected chi connectivity index (χ2v) is 18.7. The fourth-order valence-electron chi connectivity index (χ4n) is 12.4. The van der Waals surface area contributed by atoms with Gasteiger partial charge < -0.3 is 67.9 Å². The zero-order valence-electron chi connectivity index (χ0n) is 38.8. The zero-order chi connectivity index (χ0) is 42.8. The molecule has 0 atom stereocenters. The Bertz CT molecular complexity index is 3210. The highest BCUT2D eigenvalue weighted by molar-refractivity contribution is 6.05. The van der Waals surface area contributed by atoms with Crippen LogP contribution in [0.5, 0.6) is 0 Å². The molecule has 0 saturated heterocycles. The first kappa shape index (κ1) is 47.9. The number of aromatic nitrogens is 4. The van der Waals surface area contributed by atoms with Crippen LogP contribution < -0.4 is 86.2 Å². The summed E-state index contributed by atoms with van der Waals surface area (Å²) in [7, 11) is 0. The van der Waals surface area contributed by atoms with Crippen LogP contribution in [-0.4, -0.2) is 0 Å². The number of halogens is 4. The van der Waals surface area contributed by atoms with Crippen molar-refractivity contribution in [2.45, 2.75) is 79.6 Å². The standard InChI is InChI=1S/2C30H26N2.4BrH/c2*1-19-20(2)24-14-18-32-16-12-22-8-4-6-10-26(22)30(32)28(24)27-23(19)13-17-31-15-11-21-7-3-5-9-25(21)29(27)31;;;;/h2*3-12,15-16H,13-14,17-18H2,1-2H3;4*1H/q2*+2;;;;/p-4. The summed E-state index contributed by atoms with van der Waals surface area (Å²) < 4.78 is 9.96. The van der Waals surface area contributed by atoms with Gasteiger partial charge in [0, 0.05) is 49.9 Å². The number of fused-ring (bicyclic) bond motifs is 22. The SMILES string of the molecule is Cc1c(C)c2c(c3c1CC[n+]1ccc4ccccc4c1-3)-c1c3ccccc3cc[n+]1CC2.Cc1c(C)c2c(c3c1CC[n+]1ccc4ccccc4c1-3)-c1c3ccccc3cc[n+]1CC2.[Br-].[Br-].[Br-].[Br-]. The summed E-state index contributed by atoms with van der Waals surface area (Å²) in [5, 5.41) is 10.7. The van der Waals surface area contributed by atoms with Gasteiger partial charge in [-0.2, -0.15) is 18.3 Å². The summed E-state index contributed by atoms with van der Waals surface area (Å²) in [5.41, 5.74) is 23.6. The molecule has 0 amide bonds. The molecule has 4 aliphatic heterocycles. The molecule has 0 fully saturated rings. The van der Waals surface area contributed by atoms with Crippen LogP contribution in [0.3, 0.4) is 0 Å². The number of rotatable bonds is 0. The minimum atomic E-state index is 0. The molecule has 0 unspecified atom stereocenters. The molecule has 0 radical (unpaired) electrons. The molecule has 14 rings (SSSR count). The Morgan fingerprint density at radius 1 is 0.279 bits per heavy atom. The molecule has 0 bridgehead atoms. The smallest absolute Gasteiger partial charge is 0.221 e. The molecule has 10 aromatic rings. The topological polar surface area (TPSA) is 15.5 Å². The molecule has 8 heteroatoms. The van der Waals surface area contributed by atoms with Gasteiger partial charge in [0.2, 0.25) is 22.8 Å². The molecule has 0 N–H and O–H groups in total. The van der Waals surface area contributed by atoms with Gasteiger partial charge in [-0.1, -0.05) is 72.8 Å². The Balaban J connectivity index is 0.000000160. The number of nitrogens with zero attached hydrogens (tertiary/aromatic N) is 4. The van der Waals surface area contributed by atoms with E-state index in [4.69, 9.17) is 0 Å². The summed E-state index contributed by atoms with van der Waals surface area (Å²) in [6.07, 6.45) is 13.5. The summed E-state index contributed by atoms with van der Waals surface area (Å²) in [4.78, 5) is 0. The second-order valence-electron chi connectivity index (χ2n) is 18.7. The summed E-state index contributed by atoms with van der Waals surface area (Å²) in [5.74, 6) is 0. The maximum atomic E-state index is 2.49. The number of hydrogen-bond donors (Lipinski definition) is 0. The third-order valence-electron chi connectivity index (χ3n) is 15.7. The lowest BCUT2D eigenvalue weighted by molar-refractivity contribution is -0.688. The molecule has 0 saturated carbocycles. The van der Waals surface area contributed by atoms with E-state index in [-0.39, 0.29) is 67.9 Å². The van der Waals surface area contributed by atoms with E-state index in [0.717, 1.165) is 51.9 Å². The second kappa shape index (κ2) is 18.7. The molecule has 4 aliphatic rings. The fraction of sp³-hybridized carbons (Fsp3) is 0.200. The van der Waals surface area contributed by atoms with Gasteiger partial charge in [-0.15, -0.1) is 0 Å². The van der Waals surface area contributed by atoms with E-state index in [1.54, 1.807) is 22.3 Å². The van der Waals surface area contributed by atoms with Gasteiger partial charge in [-0.3, -0.25) is 0 Å². The van der Waals surface area contributed by atoms with E-state index in [0.29, 0.717) is 0 Å². The first-order valence-corrected chi connectivity index (χ1v) is 23.4. The maximum absolute atomic E-state index is 2.49. The first-order chi connectivity index (χ1) is 31.4. The molecule has 8 heterocycles. The van der Waals surface area contributed by atoms with Gasteiger partial charge >= 0.3 is 0 Å². The Hall–Kier alpha value is -5.12. The number of benzene rings is 6. The van der Waals surface area contributed by atoms with E-state index >= 15 is 0 Å². The largest absolute Gasteiger partial charge is 1.00 e. The van der Waals surface area contributed by atoms with E-state index in [2.05, 4.69) is 192 Å². The lowest BCUT2D eigenvalue weighted by atomic mass is 9.78. The van der Waals surface area contributed by atoms with Crippen LogP contribution >= 0.6 is 0 Å². The van der Waals surface area contributed by atoms with Crippen LogP contribution in [0.2, 0.25) is 0 Å². The minimum Gasteiger partial charge on any atom is -1.00 e. The predicted molar refractivity (Wildman–Crippen MR) is 259 cm³/mol. The van der Waals surface area contributed by atoms with Gasteiger partial charge in [0.25, 0.3) is 0 Å². The van der Waals surface area contributed by atoms with Gasteiger partial charge in [0.15, 0.2) is 51.0 Å². The summed E-state index contributed by atoms with van der Waals surface area (Å²) >= 11 is 0. The van der Waals surface area contributed by atoms with Gasteiger partial charge in [0.1, 0.15) is 0 Å². The van der Waals surface area contributed by atoms with Gasteiger partial charge in [-0.25, -0.2) is 0 Å². The van der Waals surface area contributed by atoms with E-state index < -0.39 is 0 Å². The van der Waals surface area contributed by atoms with Crippen LogP contribution in [-0.2, 0) is 51.9 Å². The lowest BCUT2D eigenvalue weighted by Gasteiger charge is -2.27. The molecule has 0 spiro atoms. The molecule has 6 aromatic carbocycles. The Kier molecular flexibility index (Phi) is 13.1. The molecular weight excluding hydrogens is 1100 g/mol. The van der Waals surface area contributed by atoms with Crippen molar-refractivity contribution in [1.82, 2.24) is 0 Å². The average molecular weight is 1150 g/mol. The van der Waals surface area contributed by atoms with Crippen LogP contribution in [0, 0.1) is 27.7 Å². The first-order valence-electron chi connectivity index (χ1n) is 23.4. The van der Waals surface area contributed by atoms with Crippen molar-refractivity contribution in [3.8, 4) is 45.0 Å². The molecule has 4 nitrogen and oxygen atoms in total. The van der Waals surface area contributed by atoms with E-state index in [1.807, 2.05) is 0 Å². The van der Waals surface area contributed by atoms with Gasteiger partial charge in [-0.05, 0) is 118 Å². The molecule has 0 aliphatic carbocycles. The lowest BCUT2D eigenvalue weighted by Crippen LogP contribution is -3.00. The molecule has 68 heavy (non-hydrogen) atoms. The van der Waals surface area contributed by atoms with Crippen molar-refractivity contribution in [2.75, 3.05) is 0 Å². The highest BCUT2D eigenvalue weighted by atomic mass is 79.9. The minimum absolute atomic E-state index is 0. The van der Waals surface area contributed by atoms with Gasteiger partial charge in [0.05, 0.1) is 43.8 Å². The summed E-state index contributed by atoms with van der Waals surface area (Å²) in [6, 6.07) is 44.6. The zero-order valence-corrected chi connectivity index (χ0v) is 45.2. The van der Waals surface area contributed by atoms with Crippen molar-refractivity contribution in [3.63, 3.8) is 0 Å². The highest BCUT2D eigenvalue weighted by Gasteiger charge is 2.40. The predicted octanol–water partition coefficient (Wildman–Crippen LogP) is -0.722. The van der Waals surface area contributed by atoms with E-state index in [1.165, 1.54) is 110 Å². The average Bonchev–Trinajstić information content (AvgIpc) is 3.35. The van der Waals surface area contributed by atoms with Crippen molar-refractivity contribution < 1.29 is 86.2 Å². The van der Waals surface area contributed by atoms with Crippen molar-refractivity contribution in [2.24, 2.45) is 0 Å². The Labute approximate surface area is 441 Å². The van der Waals surface area contributed by atoms with Crippen LogP contribution in [0.15, 0.2) is 146 Å². The van der Waals surface area contributed by atoms with Crippen molar-refractivity contribution in [3.05, 3.63) is 191 Å². The monoisotopic (exact) mass is 1140 g/mol. The Morgan fingerprint density at radius 3 is 0.706 bits per heavy atom. The van der Waals surface area contributed by atoms with E-state index in [9.17, 15) is 0 Å². The van der Waals surface area contributed by atoms with Crippen LogP contribution in [0.25, 0.3) is 88.1 Å².